The van der Waals surface area contributed by atoms with E-state index in [0.717, 1.165) is 0 Å². The third-order valence-electron chi connectivity index (χ3n) is 2.24. The van der Waals surface area contributed by atoms with E-state index in [4.69, 9.17) is 18.0 Å². The van der Waals surface area contributed by atoms with E-state index in [2.05, 4.69) is 4.72 Å². The fourth-order valence-electron chi connectivity index (χ4n) is 1.19. The number of benzene rings is 1. The maximum Gasteiger partial charge on any atom is 0.240 e. The van der Waals surface area contributed by atoms with Crippen molar-refractivity contribution < 1.29 is 8.42 Å². The van der Waals surface area contributed by atoms with Crippen LogP contribution in [0.25, 0.3) is 0 Å². The average Bonchev–Trinajstić information content (AvgIpc) is 2.26. The summed E-state index contributed by atoms with van der Waals surface area (Å²) in [7, 11) is -3.47. The summed E-state index contributed by atoms with van der Waals surface area (Å²) < 4.78 is 26.5. The lowest BCUT2D eigenvalue weighted by Gasteiger charge is -2.18. The first-order chi connectivity index (χ1) is 8.12. The summed E-state index contributed by atoms with van der Waals surface area (Å²) in [5.41, 5.74) is 6.00. The molecule has 1 rings (SSSR count). The molecule has 0 fully saturated rings. The summed E-state index contributed by atoms with van der Waals surface area (Å²) in [5.74, 6) is 0. The quantitative estimate of drug-likeness (QED) is 0.826. The van der Waals surface area contributed by atoms with Crippen LogP contribution in [0, 0.1) is 5.41 Å². The minimum absolute atomic E-state index is 0.105. The Morgan fingerprint density at radius 3 is 2.17 bits per heavy atom. The zero-order valence-corrected chi connectivity index (χ0v) is 12.4. The molecule has 100 valence electrons. The Kier molecular flexibility index (Phi) is 4.47. The Balaban J connectivity index is 2.89. The summed E-state index contributed by atoms with van der Waals surface area (Å²) in [6, 6.07) is 6.21. The van der Waals surface area contributed by atoms with Crippen LogP contribution in [0.4, 0.5) is 0 Å². The number of rotatable bonds is 4. The van der Waals surface area contributed by atoms with Gasteiger partial charge in [0.15, 0.2) is 0 Å². The van der Waals surface area contributed by atoms with Gasteiger partial charge in [-0.15, -0.1) is 0 Å². The van der Waals surface area contributed by atoms with E-state index in [1.165, 1.54) is 12.1 Å². The molecule has 0 amide bonds. The Hall–Kier alpha value is -0.980. The molecule has 0 spiro atoms. The molecule has 0 radical (unpaired) electrons. The van der Waals surface area contributed by atoms with Gasteiger partial charge in [0.1, 0.15) is 4.99 Å². The van der Waals surface area contributed by atoms with Crippen LogP contribution in [0.2, 0.25) is 0 Å². The second-order valence-corrected chi connectivity index (χ2v) is 7.48. The van der Waals surface area contributed by atoms with Crippen molar-refractivity contribution in [3.8, 4) is 0 Å². The molecule has 3 N–H and O–H groups in total. The largest absolute Gasteiger partial charge is 0.389 e. The Morgan fingerprint density at radius 2 is 1.78 bits per heavy atom. The van der Waals surface area contributed by atoms with Gasteiger partial charge in [-0.05, 0) is 17.5 Å². The van der Waals surface area contributed by atoms with Gasteiger partial charge in [0, 0.05) is 12.1 Å². The second kappa shape index (κ2) is 5.34. The number of sulfonamides is 1. The van der Waals surface area contributed by atoms with Gasteiger partial charge >= 0.3 is 0 Å². The van der Waals surface area contributed by atoms with Crippen molar-refractivity contribution in [3.63, 3.8) is 0 Å². The van der Waals surface area contributed by atoms with Crippen molar-refractivity contribution in [3.05, 3.63) is 29.8 Å². The van der Waals surface area contributed by atoms with Crippen molar-refractivity contribution in [1.29, 1.82) is 0 Å². The van der Waals surface area contributed by atoms with Gasteiger partial charge in [0.2, 0.25) is 10.0 Å². The van der Waals surface area contributed by atoms with Crippen LogP contribution in [-0.4, -0.2) is 20.0 Å². The van der Waals surface area contributed by atoms with Gasteiger partial charge < -0.3 is 5.73 Å². The molecule has 1 aromatic rings. The maximum atomic E-state index is 12.0. The maximum absolute atomic E-state index is 12.0. The van der Waals surface area contributed by atoms with Crippen LogP contribution < -0.4 is 10.5 Å². The smallest absolute Gasteiger partial charge is 0.240 e. The molecule has 1 aromatic carbocycles. The molecule has 0 saturated heterocycles. The number of nitrogens with one attached hydrogen (secondary N) is 1. The average molecular weight is 286 g/mol. The number of thiocarbonyl (C=S) groups is 1. The van der Waals surface area contributed by atoms with Crippen LogP contribution in [0.15, 0.2) is 29.2 Å². The Morgan fingerprint density at radius 1 is 1.28 bits per heavy atom. The van der Waals surface area contributed by atoms with Crippen LogP contribution in [0.1, 0.15) is 26.3 Å². The first-order valence-corrected chi connectivity index (χ1v) is 7.40. The summed E-state index contributed by atoms with van der Waals surface area (Å²) in [5, 5.41) is 0. The van der Waals surface area contributed by atoms with Gasteiger partial charge in [0.25, 0.3) is 0 Å². The lowest BCUT2D eigenvalue weighted by molar-refractivity contribution is 0.407. The highest BCUT2D eigenvalue weighted by Crippen LogP contribution is 2.14. The molecular weight excluding hydrogens is 268 g/mol. The summed E-state index contributed by atoms with van der Waals surface area (Å²) in [6.07, 6.45) is 0. The molecule has 0 aliphatic carbocycles. The van der Waals surface area contributed by atoms with Crippen LogP contribution in [0.3, 0.4) is 0 Å². The molecule has 0 aliphatic rings. The van der Waals surface area contributed by atoms with Crippen molar-refractivity contribution >= 4 is 27.2 Å². The van der Waals surface area contributed by atoms with Crippen LogP contribution in [0.5, 0.6) is 0 Å². The molecule has 0 heterocycles. The van der Waals surface area contributed by atoms with E-state index < -0.39 is 10.0 Å². The van der Waals surface area contributed by atoms with E-state index in [-0.39, 0.29) is 15.3 Å². The van der Waals surface area contributed by atoms with Gasteiger partial charge in [-0.25, -0.2) is 13.1 Å². The van der Waals surface area contributed by atoms with Gasteiger partial charge in [-0.2, -0.15) is 0 Å². The molecule has 6 heteroatoms. The Bertz CT molecular complexity index is 528. The summed E-state index contributed by atoms with van der Waals surface area (Å²) in [4.78, 5) is 0.466. The predicted octanol–water partition coefficient (Wildman–Crippen LogP) is 1.65. The van der Waals surface area contributed by atoms with Crippen molar-refractivity contribution in [2.24, 2.45) is 11.1 Å². The van der Waals surface area contributed by atoms with E-state index in [0.29, 0.717) is 12.1 Å². The summed E-state index contributed by atoms with van der Waals surface area (Å²) >= 11 is 4.81. The van der Waals surface area contributed by atoms with Gasteiger partial charge in [-0.1, -0.05) is 45.1 Å². The zero-order valence-electron chi connectivity index (χ0n) is 10.7. The molecule has 0 unspecified atom stereocenters. The lowest BCUT2D eigenvalue weighted by Crippen LogP contribution is -2.32. The SMILES string of the molecule is CC(C)(C)CNS(=O)(=O)c1ccc(C(N)=S)cc1. The van der Waals surface area contributed by atoms with Gasteiger partial charge in [0.05, 0.1) is 4.90 Å². The molecule has 0 aromatic heterocycles. The van der Waals surface area contributed by atoms with E-state index in [1.54, 1.807) is 12.1 Å². The van der Waals surface area contributed by atoms with Crippen molar-refractivity contribution in [1.82, 2.24) is 4.72 Å². The minimum atomic E-state index is -3.47. The van der Waals surface area contributed by atoms with Crippen molar-refractivity contribution in [2.75, 3.05) is 6.54 Å². The Labute approximate surface area is 114 Å². The highest BCUT2D eigenvalue weighted by molar-refractivity contribution is 7.89. The fraction of sp³-hybridized carbons (Fsp3) is 0.417. The normalized spacial score (nSPS) is 12.4. The van der Waals surface area contributed by atoms with Crippen LogP contribution >= 0.6 is 12.2 Å². The van der Waals surface area contributed by atoms with Gasteiger partial charge in [-0.3, -0.25) is 0 Å². The first kappa shape index (κ1) is 15.1. The summed E-state index contributed by atoms with van der Waals surface area (Å²) in [6.45, 7) is 6.27. The van der Waals surface area contributed by atoms with E-state index in [1.807, 2.05) is 20.8 Å². The minimum Gasteiger partial charge on any atom is -0.389 e. The zero-order chi connectivity index (χ0) is 14.0. The second-order valence-electron chi connectivity index (χ2n) is 5.27. The molecule has 0 aliphatic heterocycles. The van der Waals surface area contributed by atoms with E-state index in [9.17, 15) is 8.42 Å². The number of hydrogen-bond acceptors (Lipinski definition) is 3. The molecule has 0 atom stereocenters. The van der Waals surface area contributed by atoms with E-state index >= 15 is 0 Å². The lowest BCUT2D eigenvalue weighted by atomic mass is 9.98. The number of nitrogens with two attached hydrogens (primary N) is 1. The predicted molar refractivity (Wildman–Crippen MR) is 77.0 cm³/mol. The first-order valence-electron chi connectivity index (χ1n) is 5.51. The molecule has 18 heavy (non-hydrogen) atoms. The highest BCUT2D eigenvalue weighted by atomic mass is 32.2. The molecule has 4 nitrogen and oxygen atoms in total. The third-order valence-corrected chi connectivity index (χ3v) is 3.89. The molecule has 0 saturated carbocycles. The monoisotopic (exact) mass is 286 g/mol. The topological polar surface area (TPSA) is 72.2 Å². The highest BCUT2D eigenvalue weighted by Gasteiger charge is 2.18. The fourth-order valence-corrected chi connectivity index (χ4v) is 2.61. The third kappa shape index (κ3) is 4.36. The molecule has 0 bridgehead atoms. The number of hydrogen-bond donors (Lipinski definition) is 2. The molecular formula is C12H18N2O2S2. The van der Waals surface area contributed by atoms with Crippen molar-refractivity contribution in [2.45, 2.75) is 25.7 Å². The standard InChI is InChI=1S/C12H18N2O2S2/c1-12(2,3)8-14-18(15,16)10-6-4-9(5-7-10)11(13)17/h4-7,14H,8H2,1-3H3,(H2,13,17). The van der Waals surface area contributed by atoms with Crippen LogP contribution in [-0.2, 0) is 10.0 Å².